The van der Waals surface area contributed by atoms with Crippen LogP contribution in [0.5, 0.6) is 0 Å². The quantitative estimate of drug-likeness (QED) is 0.476. The molecule has 0 unspecified atom stereocenters. The Morgan fingerprint density at radius 1 is 1.18 bits per heavy atom. The molecule has 3 N–H and O–H groups in total. The summed E-state index contributed by atoms with van der Waals surface area (Å²) in [6.07, 6.45) is 1.27. The summed E-state index contributed by atoms with van der Waals surface area (Å²) in [5.74, 6) is -2.02. The van der Waals surface area contributed by atoms with Crippen LogP contribution in [0.1, 0.15) is 49.5 Å². The average molecular weight is 478 g/mol. The predicted octanol–water partition coefficient (Wildman–Crippen LogP) is 3.04. The number of aliphatic carboxylic acids is 1. The van der Waals surface area contributed by atoms with Gasteiger partial charge in [-0.25, -0.2) is 9.59 Å². The van der Waals surface area contributed by atoms with Crippen LogP contribution in [0.3, 0.4) is 0 Å². The first-order valence-electron chi connectivity index (χ1n) is 10.4. The third kappa shape index (κ3) is 8.61. The van der Waals surface area contributed by atoms with Crippen molar-refractivity contribution in [3.05, 3.63) is 69.1 Å². The van der Waals surface area contributed by atoms with Crippen molar-refractivity contribution in [3.8, 4) is 0 Å². The molecule has 0 saturated carbocycles. The highest BCUT2D eigenvalue weighted by atomic mass is 35.5. The van der Waals surface area contributed by atoms with E-state index in [1.807, 2.05) is 0 Å². The molecule has 178 valence electrons. The number of ether oxygens (including phenoxy) is 1. The Morgan fingerprint density at radius 2 is 1.91 bits per heavy atom. The molecule has 0 fully saturated rings. The largest absolute Gasteiger partial charge is 0.480 e. The lowest BCUT2D eigenvalue weighted by Gasteiger charge is -2.20. The smallest absolute Gasteiger partial charge is 0.407 e. The maximum Gasteiger partial charge on any atom is 0.407 e. The lowest BCUT2D eigenvalue weighted by molar-refractivity contribution is -0.139. The predicted molar refractivity (Wildman–Crippen MR) is 124 cm³/mol. The van der Waals surface area contributed by atoms with Gasteiger partial charge in [0.2, 0.25) is 0 Å². The molecule has 10 heteroatoms. The molecule has 1 aromatic carbocycles. The Morgan fingerprint density at radius 3 is 2.55 bits per heavy atom. The van der Waals surface area contributed by atoms with E-state index in [-0.39, 0.29) is 31.5 Å². The Bertz CT molecular complexity index is 1060. The highest BCUT2D eigenvalue weighted by Gasteiger charge is 2.22. The molecule has 0 saturated heterocycles. The van der Waals surface area contributed by atoms with E-state index in [9.17, 15) is 24.3 Å². The molecule has 2 rings (SSSR count). The Balaban J connectivity index is 1.99. The van der Waals surface area contributed by atoms with E-state index in [1.165, 1.54) is 16.8 Å². The van der Waals surface area contributed by atoms with Crippen LogP contribution in [-0.4, -0.2) is 45.8 Å². The van der Waals surface area contributed by atoms with Crippen molar-refractivity contribution in [1.29, 1.82) is 0 Å². The summed E-state index contributed by atoms with van der Waals surface area (Å²) >= 11 is 5.98. The summed E-state index contributed by atoms with van der Waals surface area (Å²) in [6, 6.07) is 8.65. The third-order valence-electron chi connectivity index (χ3n) is 4.45. The number of aromatic nitrogens is 1. The summed E-state index contributed by atoms with van der Waals surface area (Å²) in [5, 5.41) is 14.9. The Hall–Kier alpha value is -3.33. The minimum Gasteiger partial charge on any atom is -0.480 e. The van der Waals surface area contributed by atoms with E-state index in [0.29, 0.717) is 5.02 Å². The number of carbonyl (C=O) groups is 3. The molecule has 0 spiro atoms. The van der Waals surface area contributed by atoms with Crippen LogP contribution < -0.4 is 16.2 Å². The average Bonchev–Trinajstić information content (AvgIpc) is 2.70. The maximum atomic E-state index is 12.8. The highest BCUT2D eigenvalue weighted by molar-refractivity contribution is 6.30. The number of carboxylic acid groups (broad SMARTS) is 1. The van der Waals surface area contributed by atoms with Crippen LogP contribution in [-0.2, 0) is 16.1 Å². The molecule has 0 aliphatic carbocycles. The van der Waals surface area contributed by atoms with Gasteiger partial charge in [0.15, 0.2) is 0 Å². The molecule has 0 aliphatic heterocycles. The van der Waals surface area contributed by atoms with E-state index < -0.39 is 35.2 Å². The summed E-state index contributed by atoms with van der Waals surface area (Å²) in [5.41, 5.74) is -0.580. The first-order chi connectivity index (χ1) is 15.5. The summed E-state index contributed by atoms with van der Waals surface area (Å²) in [4.78, 5) is 48.6. The van der Waals surface area contributed by atoms with Crippen molar-refractivity contribution in [2.75, 3.05) is 6.54 Å². The summed E-state index contributed by atoms with van der Waals surface area (Å²) in [6.45, 7) is 5.57. The number of rotatable bonds is 9. The number of alkyl carbamates (subject to hydrolysis) is 1. The molecular weight excluding hydrogens is 450 g/mol. The summed E-state index contributed by atoms with van der Waals surface area (Å²) < 4.78 is 6.46. The first kappa shape index (κ1) is 25.9. The molecule has 1 aromatic heterocycles. The van der Waals surface area contributed by atoms with E-state index in [2.05, 4.69) is 10.6 Å². The van der Waals surface area contributed by atoms with Crippen LogP contribution in [0, 0.1) is 0 Å². The number of carboxylic acids is 1. The molecule has 2 aromatic rings. The summed E-state index contributed by atoms with van der Waals surface area (Å²) in [7, 11) is 0. The molecule has 1 atom stereocenters. The number of hydrogen-bond acceptors (Lipinski definition) is 5. The Labute approximate surface area is 196 Å². The van der Waals surface area contributed by atoms with Gasteiger partial charge in [-0.15, -0.1) is 0 Å². The minimum absolute atomic E-state index is 0.0560. The van der Waals surface area contributed by atoms with Crippen molar-refractivity contribution in [1.82, 2.24) is 15.2 Å². The number of nitrogens with one attached hydrogen (secondary N) is 2. The number of hydrogen-bond donors (Lipinski definition) is 3. The number of benzene rings is 1. The second kappa shape index (κ2) is 11.5. The van der Waals surface area contributed by atoms with Gasteiger partial charge in [-0.1, -0.05) is 23.7 Å². The molecule has 1 heterocycles. The number of amides is 2. The number of nitrogens with zero attached hydrogens (tertiary/aromatic N) is 1. The van der Waals surface area contributed by atoms with E-state index in [4.69, 9.17) is 16.3 Å². The number of halogens is 1. The zero-order valence-corrected chi connectivity index (χ0v) is 19.5. The monoisotopic (exact) mass is 477 g/mol. The van der Waals surface area contributed by atoms with Crippen molar-refractivity contribution in [2.45, 2.75) is 51.8 Å². The van der Waals surface area contributed by atoms with Crippen molar-refractivity contribution in [2.24, 2.45) is 0 Å². The van der Waals surface area contributed by atoms with Gasteiger partial charge in [0.25, 0.3) is 11.5 Å². The normalized spacial score (nSPS) is 12.0. The molecular formula is C23H28ClN3O6. The number of pyridine rings is 1. The van der Waals surface area contributed by atoms with Gasteiger partial charge in [-0.2, -0.15) is 0 Å². The number of carbonyl (C=O) groups excluding carboxylic acids is 2. The second-order valence-electron chi connectivity index (χ2n) is 8.42. The van der Waals surface area contributed by atoms with Gasteiger partial charge in [-0.05, 0) is 63.4 Å². The molecule has 2 amide bonds. The second-order valence-corrected chi connectivity index (χ2v) is 8.86. The van der Waals surface area contributed by atoms with Crippen LogP contribution in [0.25, 0.3) is 0 Å². The molecule has 0 radical (unpaired) electrons. The van der Waals surface area contributed by atoms with E-state index >= 15 is 0 Å². The fourth-order valence-corrected chi connectivity index (χ4v) is 3.18. The van der Waals surface area contributed by atoms with Crippen LogP contribution in [0.2, 0.25) is 5.02 Å². The van der Waals surface area contributed by atoms with Gasteiger partial charge < -0.3 is 25.0 Å². The van der Waals surface area contributed by atoms with Gasteiger partial charge in [0.1, 0.15) is 17.2 Å². The van der Waals surface area contributed by atoms with Crippen LogP contribution in [0.15, 0.2) is 47.4 Å². The van der Waals surface area contributed by atoms with Gasteiger partial charge >= 0.3 is 12.1 Å². The van der Waals surface area contributed by atoms with Gasteiger partial charge in [-0.3, -0.25) is 9.59 Å². The van der Waals surface area contributed by atoms with Gasteiger partial charge in [0, 0.05) is 17.8 Å². The lowest BCUT2D eigenvalue weighted by atomic mass is 10.1. The fraction of sp³-hybridized carbons (Fsp3) is 0.391. The Kier molecular flexibility index (Phi) is 9.04. The van der Waals surface area contributed by atoms with Crippen molar-refractivity contribution < 1.29 is 24.2 Å². The maximum absolute atomic E-state index is 12.8. The SMILES string of the molecule is CC(C)(C)OC(=O)NCCC[C@H](NC(=O)c1cccn(Cc2cccc(Cl)c2)c1=O)C(=O)O. The van der Waals surface area contributed by atoms with Crippen molar-refractivity contribution in [3.63, 3.8) is 0 Å². The fourth-order valence-electron chi connectivity index (χ4n) is 2.97. The zero-order valence-electron chi connectivity index (χ0n) is 18.8. The van der Waals surface area contributed by atoms with Crippen LogP contribution in [0.4, 0.5) is 4.79 Å². The lowest BCUT2D eigenvalue weighted by Crippen LogP contribution is -2.43. The molecule has 9 nitrogen and oxygen atoms in total. The third-order valence-corrected chi connectivity index (χ3v) is 4.68. The highest BCUT2D eigenvalue weighted by Crippen LogP contribution is 2.11. The van der Waals surface area contributed by atoms with Crippen molar-refractivity contribution >= 4 is 29.6 Å². The van der Waals surface area contributed by atoms with Gasteiger partial charge in [0.05, 0.1) is 6.54 Å². The standard InChI is InChI=1S/C23H28ClN3O6/c1-23(2,3)33-22(32)25-11-5-10-18(21(30)31)26-19(28)17-9-6-12-27(20(17)29)14-15-7-4-8-16(24)13-15/h4,6-9,12-13,18H,5,10-11,14H2,1-3H3,(H,25,32)(H,26,28)(H,30,31)/t18-/m0/s1. The molecule has 33 heavy (non-hydrogen) atoms. The topological polar surface area (TPSA) is 127 Å². The molecule has 0 bridgehead atoms. The van der Waals surface area contributed by atoms with Crippen LogP contribution >= 0.6 is 11.6 Å². The van der Waals surface area contributed by atoms with E-state index in [0.717, 1.165) is 5.56 Å². The van der Waals surface area contributed by atoms with E-state index in [1.54, 1.807) is 51.1 Å². The first-order valence-corrected chi connectivity index (χ1v) is 10.8. The molecule has 0 aliphatic rings. The minimum atomic E-state index is -1.24. The zero-order chi connectivity index (χ0) is 24.6.